The van der Waals surface area contributed by atoms with Crippen LogP contribution in [0.25, 0.3) is 0 Å². The van der Waals surface area contributed by atoms with Gasteiger partial charge in [0.2, 0.25) is 0 Å². The molecule has 0 aromatic rings. The van der Waals surface area contributed by atoms with Gasteiger partial charge in [-0.05, 0) is 43.8 Å². The first-order valence-corrected chi connectivity index (χ1v) is 5.64. The van der Waals surface area contributed by atoms with Gasteiger partial charge < -0.3 is 0 Å². The fourth-order valence-electron chi connectivity index (χ4n) is 1.88. The van der Waals surface area contributed by atoms with Gasteiger partial charge in [-0.1, -0.05) is 30.4 Å². The molecule has 0 saturated heterocycles. The third-order valence-corrected chi connectivity index (χ3v) is 2.71. The van der Waals surface area contributed by atoms with E-state index in [0.29, 0.717) is 0 Å². The summed E-state index contributed by atoms with van der Waals surface area (Å²) in [6.07, 6.45) is 16.4. The predicted octanol–water partition coefficient (Wildman–Crippen LogP) is 3.96. The van der Waals surface area contributed by atoms with Crippen LogP contribution in [0.4, 0.5) is 0 Å². The average molecular weight is 199 g/mol. The van der Waals surface area contributed by atoms with Gasteiger partial charge in [-0.15, -0.1) is 0 Å². The molecule has 0 radical (unpaired) electrons. The molecule has 0 unspecified atom stereocenters. The Morgan fingerprint density at radius 2 is 2.20 bits per heavy atom. The molecule has 2 aliphatic rings. The summed E-state index contributed by atoms with van der Waals surface area (Å²) in [5.74, 6) is 0. The molecular formula is C14H17N. The molecule has 0 heterocycles. The van der Waals surface area contributed by atoms with Crippen LogP contribution in [-0.4, -0.2) is 6.21 Å². The molecule has 0 bridgehead atoms. The van der Waals surface area contributed by atoms with Gasteiger partial charge >= 0.3 is 0 Å². The van der Waals surface area contributed by atoms with Crippen LogP contribution in [0, 0.1) is 0 Å². The van der Waals surface area contributed by atoms with Gasteiger partial charge in [-0.2, -0.15) is 0 Å². The van der Waals surface area contributed by atoms with E-state index < -0.39 is 0 Å². The zero-order chi connectivity index (χ0) is 10.5. The van der Waals surface area contributed by atoms with E-state index >= 15 is 0 Å². The summed E-state index contributed by atoms with van der Waals surface area (Å²) in [4.78, 5) is 4.48. The van der Waals surface area contributed by atoms with E-state index in [-0.39, 0.29) is 0 Å². The lowest BCUT2D eigenvalue weighted by Gasteiger charge is -2.10. The highest BCUT2D eigenvalue weighted by Gasteiger charge is 2.03. The van der Waals surface area contributed by atoms with E-state index in [1.54, 1.807) is 0 Å². The molecular weight excluding hydrogens is 182 g/mol. The van der Waals surface area contributed by atoms with Crippen molar-refractivity contribution < 1.29 is 0 Å². The number of aliphatic imine (C=N–C) groups is 1. The Bertz CT molecular complexity index is 367. The van der Waals surface area contributed by atoms with Crippen molar-refractivity contribution in [3.05, 3.63) is 47.7 Å². The lowest BCUT2D eigenvalue weighted by atomic mass is 9.97. The molecule has 1 heteroatoms. The zero-order valence-electron chi connectivity index (χ0n) is 9.08. The molecule has 0 spiro atoms. The first kappa shape index (κ1) is 10.2. The second-order valence-corrected chi connectivity index (χ2v) is 4.10. The Balaban J connectivity index is 2.01. The highest BCUT2D eigenvalue weighted by atomic mass is 14.7. The Kier molecular flexibility index (Phi) is 3.33. The Morgan fingerprint density at radius 3 is 2.93 bits per heavy atom. The smallest absolute Gasteiger partial charge is 0.0586 e. The molecule has 2 aliphatic carbocycles. The molecule has 15 heavy (non-hydrogen) atoms. The van der Waals surface area contributed by atoms with Crippen molar-refractivity contribution in [2.24, 2.45) is 4.99 Å². The van der Waals surface area contributed by atoms with Gasteiger partial charge in [0.15, 0.2) is 0 Å². The lowest BCUT2D eigenvalue weighted by molar-refractivity contribution is 0.809. The summed E-state index contributed by atoms with van der Waals surface area (Å²) in [6, 6.07) is 0. The van der Waals surface area contributed by atoms with Crippen molar-refractivity contribution >= 4 is 6.21 Å². The van der Waals surface area contributed by atoms with Crippen molar-refractivity contribution in [3.63, 3.8) is 0 Å². The first-order valence-electron chi connectivity index (χ1n) is 5.64. The fourth-order valence-corrected chi connectivity index (χ4v) is 1.88. The molecule has 0 atom stereocenters. The third-order valence-electron chi connectivity index (χ3n) is 2.71. The van der Waals surface area contributed by atoms with Crippen molar-refractivity contribution in [1.82, 2.24) is 0 Å². The van der Waals surface area contributed by atoms with E-state index in [1.165, 1.54) is 17.6 Å². The van der Waals surface area contributed by atoms with Gasteiger partial charge in [-0.25, -0.2) is 0 Å². The molecule has 1 nitrogen and oxygen atoms in total. The van der Waals surface area contributed by atoms with Gasteiger partial charge in [0, 0.05) is 6.21 Å². The van der Waals surface area contributed by atoms with E-state index in [4.69, 9.17) is 0 Å². The van der Waals surface area contributed by atoms with Crippen LogP contribution in [0.3, 0.4) is 0 Å². The second-order valence-electron chi connectivity index (χ2n) is 4.10. The van der Waals surface area contributed by atoms with Gasteiger partial charge in [0.1, 0.15) is 0 Å². The summed E-state index contributed by atoms with van der Waals surface area (Å²) < 4.78 is 0. The third kappa shape index (κ3) is 3.05. The number of allylic oxidation sites excluding steroid dienone is 6. The van der Waals surface area contributed by atoms with Crippen LogP contribution in [0.5, 0.6) is 0 Å². The SMILES string of the molecule is C=C1C=C(C=NC2=CCCC=C2)CCC1. The topological polar surface area (TPSA) is 12.4 Å². The van der Waals surface area contributed by atoms with Crippen LogP contribution in [0.2, 0.25) is 0 Å². The van der Waals surface area contributed by atoms with Crippen molar-refractivity contribution in [1.29, 1.82) is 0 Å². The molecule has 0 fully saturated rings. The molecule has 0 amide bonds. The van der Waals surface area contributed by atoms with Crippen molar-refractivity contribution in [3.8, 4) is 0 Å². The number of hydrogen-bond donors (Lipinski definition) is 0. The van der Waals surface area contributed by atoms with E-state index in [1.807, 2.05) is 6.21 Å². The summed E-state index contributed by atoms with van der Waals surface area (Å²) in [5, 5.41) is 0. The van der Waals surface area contributed by atoms with Gasteiger partial charge in [-0.3, -0.25) is 4.99 Å². The van der Waals surface area contributed by atoms with Crippen LogP contribution >= 0.6 is 0 Å². The second kappa shape index (κ2) is 4.92. The van der Waals surface area contributed by atoms with E-state index in [9.17, 15) is 0 Å². The highest BCUT2D eigenvalue weighted by molar-refractivity contribution is 5.80. The maximum atomic E-state index is 4.48. The van der Waals surface area contributed by atoms with Crippen LogP contribution in [0.15, 0.2) is 52.7 Å². The number of nitrogens with zero attached hydrogens (tertiary/aromatic N) is 1. The summed E-state index contributed by atoms with van der Waals surface area (Å²) in [6.45, 7) is 3.99. The fraction of sp³-hybridized carbons (Fsp3) is 0.357. The minimum atomic E-state index is 1.10. The Labute approximate surface area is 91.6 Å². The number of hydrogen-bond acceptors (Lipinski definition) is 1. The molecule has 0 aliphatic heterocycles. The van der Waals surface area contributed by atoms with Gasteiger partial charge in [0.25, 0.3) is 0 Å². The molecule has 0 aromatic heterocycles. The minimum absolute atomic E-state index is 1.10. The molecule has 0 N–H and O–H groups in total. The maximum Gasteiger partial charge on any atom is 0.0586 e. The quantitative estimate of drug-likeness (QED) is 0.597. The Hall–Kier alpha value is -1.37. The summed E-state index contributed by atoms with van der Waals surface area (Å²) in [7, 11) is 0. The van der Waals surface area contributed by atoms with Crippen LogP contribution in [-0.2, 0) is 0 Å². The highest BCUT2D eigenvalue weighted by Crippen LogP contribution is 2.20. The van der Waals surface area contributed by atoms with Gasteiger partial charge in [0.05, 0.1) is 5.70 Å². The number of rotatable bonds is 2. The minimum Gasteiger partial charge on any atom is -0.257 e. The van der Waals surface area contributed by atoms with Crippen molar-refractivity contribution in [2.45, 2.75) is 32.1 Å². The van der Waals surface area contributed by atoms with Crippen LogP contribution in [0.1, 0.15) is 32.1 Å². The standard InChI is InChI=1S/C14H17N/c1-12-6-5-7-13(10-12)11-15-14-8-3-2-4-9-14/h3,8-11H,1-2,4-7H2. The van der Waals surface area contributed by atoms with E-state index in [2.05, 4.69) is 35.9 Å². The maximum absolute atomic E-state index is 4.48. The molecule has 78 valence electrons. The predicted molar refractivity (Wildman–Crippen MR) is 66.0 cm³/mol. The summed E-state index contributed by atoms with van der Waals surface area (Å²) >= 11 is 0. The van der Waals surface area contributed by atoms with Crippen LogP contribution < -0.4 is 0 Å². The van der Waals surface area contributed by atoms with Crippen molar-refractivity contribution in [2.75, 3.05) is 0 Å². The molecule has 0 saturated carbocycles. The van der Waals surface area contributed by atoms with E-state index in [0.717, 1.165) is 31.4 Å². The monoisotopic (exact) mass is 199 g/mol. The molecule has 0 aromatic carbocycles. The average Bonchev–Trinajstić information content (AvgIpc) is 2.28. The normalized spacial score (nSPS) is 21.7. The molecule has 2 rings (SSSR count). The lowest BCUT2D eigenvalue weighted by Crippen LogP contribution is -1.95. The Morgan fingerprint density at radius 1 is 1.27 bits per heavy atom. The summed E-state index contributed by atoms with van der Waals surface area (Å²) in [5.41, 5.74) is 3.64. The largest absolute Gasteiger partial charge is 0.257 e. The zero-order valence-corrected chi connectivity index (χ0v) is 9.08. The first-order chi connectivity index (χ1) is 7.34.